The normalized spacial score (nSPS) is 23.0. The Bertz CT molecular complexity index is 992. The summed E-state index contributed by atoms with van der Waals surface area (Å²) in [5.74, 6) is -0.228. The molecule has 2 aliphatic rings. The maximum absolute atomic E-state index is 13.5. The monoisotopic (exact) mass is 495 g/mol. The number of anilines is 1. The molecule has 3 atom stereocenters. The van der Waals surface area contributed by atoms with Crippen LogP contribution in [0, 0.1) is 11.8 Å². The average molecular weight is 496 g/mol. The van der Waals surface area contributed by atoms with Crippen molar-refractivity contribution in [3.05, 3.63) is 23.8 Å². The number of hydrogen-bond donors (Lipinski definition) is 2. The number of amides is 2. The van der Waals surface area contributed by atoms with Gasteiger partial charge in [0.25, 0.3) is 5.91 Å². The molecule has 0 radical (unpaired) electrons. The second-order valence-corrected chi connectivity index (χ2v) is 11.8. The molecule has 1 aliphatic carbocycles. The third-order valence-electron chi connectivity index (χ3n) is 6.91. The molecule has 1 saturated carbocycles. The van der Waals surface area contributed by atoms with E-state index in [0.717, 1.165) is 38.4 Å². The van der Waals surface area contributed by atoms with Gasteiger partial charge in [-0.25, -0.2) is 12.7 Å². The number of fused-ring (bicyclic) bond motifs is 1. The van der Waals surface area contributed by atoms with Gasteiger partial charge in [-0.2, -0.15) is 0 Å². The van der Waals surface area contributed by atoms with Gasteiger partial charge in [0.2, 0.25) is 15.9 Å². The Balaban J connectivity index is 1.92. The van der Waals surface area contributed by atoms with Crippen molar-refractivity contribution < 1.29 is 27.9 Å². The molecule has 0 bridgehead atoms. The first kappa shape index (κ1) is 26.4. The maximum Gasteiger partial charge on any atom is 0.258 e. The molecule has 1 heterocycles. The van der Waals surface area contributed by atoms with Crippen LogP contribution in [0.15, 0.2) is 18.2 Å². The summed E-state index contributed by atoms with van der Waals surface area (Å²) in [5, 5.41) is 12.7. The van der Waals surface area contributed by atoms with E-state index in [1.165, 1.54) is 11.4 Å². The van der Waals surface area contributed by atoms with Gasteiger partial charge in [-0.05, 0) is 38.0 Å². The minimum Gasteiger partial charge on any atom is -0.488 e. The van der Waals surface area contributed by atoms with Gasteiger partial charge in [0, 0.05) is 31.1 Å². The van der Waals surface area contributed by atoms with E-state index in [9.17, 15) is 23.1 Å². The molecular weight excluding hydrogens is 458 g/mol. The molecule has 3 rings (SSSR count). The number of ether oxygens (including phenoxy) is 1. The van der Waals surface area contributed by atoms with Crippen LogP contribution in [-0.2, 0) is 14.8 Å². The summed E-state index contributed by atoms with van der Waals surface area (Å²) in [6.45, 7) is 3.87. The molecule has 9 nitrogen and oxygen atoms in total. The van der Waals surface area contributed by atoms with E-state index >= 15 is 0 Å². The van der Waals surface area contributed by atoms with Crippen molar-refractivity contribution in [2.45, 2.75) is 58.1 Å². The number of nitrogens with one attached hydrogen (secondary N) is 1. The molecule has 0 aromatic heterocycles. The number of carbonyl (C=O) groups is 2. The van der Waals surface area contributed by atoms with Gasteiger partial charge in [0.1, 0.15) is 11.9 Å². The Morgan fingerprint density at radius 1 is 1.29 bits per heavy atom. The summed E-state index contributed by atoms with van der Waals surface area (Å²) < 4.78 is 31.4. The SMILES string of the molecule is C[C@H](CO)N1C[C@H](C)[C@H](CN(C)S(C)(=O)=O)Oc2ccc(NC(=O)C3CCCCC3)cc2C1=O. The number of aliphatic hydroxyl groups is 1. The van der Waals surface area contributed by atoms with E-state index in [2.05, 4.69) is 5.32 Å². The lowest BCUT2D eigenvalue weighted by Gasteiger charge is -2.38. The number of rotatable bonds is 7. The van der Waals surface area contributed by atoms with Crippen molar-refractivity contribution in [1.82, 2.24) is 9.21 Å². The molecule has 34 heavy (non-hydrogen) atoms. The largest absolute Gasteiger partial charge is 0.488 e. The first-order valence-electron chi connectivity index (χ1n) is 12.0. The molecule has 190 valence electrons. The second kappa shape index (κ2) is 11.0. The Labute approximate surface area is 202 Å². The zero-order chi connectivity index (χ0) is 25.0. The van der Waals surface area contributed by atoms with E-state index in [1.807, 2.05) is 6.92 Å². The molecule has 10 heteroatoms. The smallest absolute Gasteiger partial charge is 0.258 e. The summed E-state index contributed by atoms with van der Waals surface area (Å²) in [7, 11) is -1.92. The average Bonchev–Trinajstić information content (AvgIpc) is 2.81. The fourth-order valence-electron chi connectivity index (χ4n) is 4.52. The first-order chi connectivity index (χ1) is 16.0. The van der Waals surface area contributed by atoms with Crippen LogP contribution in [0.4, 0.5) is 5.69 Å². The molecule has 1 aromatic carbocycles. The summed E-state index contributed by atoms with van der Waals surface area (Å²) in [4.78, 5) is 27.8. The van der Waals surface area contributed by atoms with Crippen LogP contribution in [-0.4, -0.2) is 79.7 Å². The van der Waals surface area contributed by atoms with Crippen molar-refractivity contribution in [2.24, 2.45) is 11.8 Å². The molecule has 2 N–H and O–H groups in total. The molecule has 0 saturated heterocycles. The zero-order valence-electron chi connectivity index (χ0n) is 20.5. The number of likely N-dealkylation sites (N-methyl/N-ethyl adjacent to an activating group) is 1. The van der Waals surface area contributed by atoms with Crippen LogP contribution in [0.1, 0.15) is 56.3 Å². The molecule has 1 fully saturated rings. The fraction of sp³-hybridized carbons (Fsp3) is 0.667. The number of nitrogens with zero attached hydrogens (tertiary/aromatic N) is 2. The van der Waals surface area contributed by atoms with Crippen molar-refractivity contribution >= 4 is 27.5 Å². The molecule has 2 amide bonds. The Morgan fingerprint density at radius 2 is 1.97 bits per heavy atom. The molecule has 0 unspecified atom stereocenters. The van der Waals surface area contributed by atoms with Crippen molar-refractivity contribution in [1.29, 1.82) is 0 Å². The number of benzene rings is 1. The van der Waals surface area contributed by atoms with Gasteiger partial charge < -0.3 is 20.1 Å². The Morgan fingerprint density at radius 3 is 2.59 bits per heavy atom. The van der Waals surface area contributed by atoms with Crippen molar-refractivity contribution in [2.75, 3.05) is 38.3 Å². The van der Waals surface area contributed by atoms with Gasteiger partial charge in [-0.1, -0.05) is 26.2 Å². The number of sulfonamides is 1. The molecule has 0 spiro atoms. The highest BCUT2D eigenvalue weighted by Gasteiger charge is 2.34. The van der Waals surface area contributed by atoms with E-state index < -0.39 is 22.2 Å². The van der Waals surface area contributed by atoms with Crippen LogP contribution in [0.2, 0.25) is 0 Å². The lowest BCUT2D eigenvalue weighted by molar-refractivity contribution is -0.120. The highest BCUT2D eigenvalue weighted by molar-refractivity contribution is 7.88. The van der Waals surface area contributed by atoms with E-state index in [1.54, 1.807) is 30.0 Å². The highest BCUT2D eigenvalue weighted by Crippen LogP contribution is 2.32. The van der Waals surface area contributed by atoms with Crippen molar-refractivity contribution in [3.63, 3.8) is 0 Å². The quantitative estimate of drug-likeness (QED) is 0.600. The van der Waals surface area contributed by atoms with Gasteiger partial charge in [0.15, 0.2) is 0 Å². The summed E-state index contributed by atoms with van der Waals surface area (Å²) in [5.41, 5.74) is 0.793. The molecule has 1 aliphatic heterocycles. The van der Waals surface area contributed by atoms with Crippen molar-refractivity contribution in [3.8, 4) is 5.75 Å². The predicted octanol–water partition coefficient (Wildman–Crippen LogP) is 2.32. The number of hydrogen-bond acceptors (Lipinski definition) is 6. The summed E-state index contributed by atoms with van der Waals surface area (Å²) >= 11 is 0. The van der Waals surface area contributed by atoms with Gasteiger partial charge in [-0.15, -0.1) is 0 Å². The van der Waals surface area contributed by atoms with E-state index in [4.69, 9.17) is 4.74 Å². The Kier molecular flexibility index (Phi) is 8.59. The zero-order valence-corrected chi connectivity index (χ0v) is 21.3. The fourth-order valence-corrected chi connectivity index (χ4v) is 4.93. The lowest BCUT2D eigenvalue weighted by Crippen LogP contribution is -2.50. The summed E-state index contributed by atoms with van der Waals surface area (Å²) in [6, 6.07) is 4.53. The topological polar surface area (TPSA) is 116 Å². The maximum atomic E-state index is 13.5. The minimum atomic E-state index is -3.42. The molecule has 1 aromatic rings. The van der Waals surface area contributed by atoms with Gasteiger partial charge in [0.05, 0.1) is 31.0 Å². The number of aliphatic hydroxyl groups excluding tert-OH is 1. The van der Waals surface area contributed by atoms with E-state index in [0.29, 0.717) is 18.0 Å². The van der Waals surface area contributed by atoms with Crippen LogP contribution in [0.5, 0.6) is 5.75 Å². The first-order valence-corrected chi connectivity index (χ1v) is 13.8. The minimum absolute atomic E-state index is 0.0228. The number of carbonyl (C=O) groups excluding carboxylic acids is 2. The van der Waals surface area contributed by atoms with Gasteiger partial charge >= 0.3 is 0 Å². The standard InChI is InChI=1S/C24H37N3O6S/c1-16-13-27(17(2)15-28)24(30)20-12-19(25-23(29)18-8-6-5-7-9-18)10-11-21(20)33-22(16)14-26(3)34(4,31)32/h10-12,16-18,22,28H,5-9,13-15H2,1-4H3,(H,25,29)/t16-,17+,22-/m0/s1. The van der Waals surface area contributed by atoms with Crippen LogP contribution in [0.25, 0.3) is 0 Å². The third kappa shape index (κ3) is 6.28. The van der Waals surface area contributed by atoms with Gasteiger partial charge in [-0.3, -0.25) is 9.59 Å². The lowest BCUT2D eigenvalue weighted by atomic mass is 9.88. The second-order valence-electron chi connectivity index (χ2n) is 9.70. The third-order valence-corrected chi connectivity index (χ3v) is 8.19. The highest BCUT2D eigenvalue weighted by atomic mass is 32.2. The summed E-state index contributed by atoms with van der Waals surface area (Å²) in [6.07, 6.45) is 5.61. The predicted molar refractivity (Wildman–Crippen MR) is 130 cm³/mol. The van der Waals surface area contributed by atoms with Crippen LogP contribution >= 0.6 is 0 Å². The van der Waals surface area contributed by atoms with Crippen LogP contribution < -0.4 is 10.1 Å². The van der Waals surface area contributed by atoms with E-state index in [-0.39, 0.29) is 42.4 Å². The van der Waals surface area contributed by atoms with Crippen LogP contribution in [0.3, 0.4) is 0 Å². The molecular formula is C24H37N3O6S. The Hall–Kier alpha value is -2.17.